The highest BCUT2D eigenvalue weighted by atomic mass is 19.1. The lowest BCUT2D eigenvalue weighted by atomic mass is 9.60. The van der Waals surface area contributed by atoms with Gasteiger partial charge in [-0.2, -0.15) is 0 Å². The van der Waals surface area contributed by atoms with Crippen LogP contribution in [0.2, 0.25) is 0 Å². The largest absolute Gasteiger partial charge is 0.351 e. The predicted octanol–water partition coefficient (Wildman–Crippen LogP) is 4.04. The number of hydrogen-bond acceptors (Lipinski definition) is 5. The van der Waals surface area contributed by atoms with E-state index in [4.69, 9.17) is 0 Å². The molecule has 0 bridgehead atoms. The Morgan fingerprint density at radius 3 is 2.50 bits per heavy atom. The van der Waals surface area contributed by atoms with Crippen LogP contribution in [-0.2, 0) is 6.54 Å². The Balaban J connectivity index is 1.01. The van der Waals surface area contributed by atoms with Crippen molar-refractivity contribution in [1.29, 1.82) is 0 Å². The van der Waals surface area contributed by atoms with Crippen LogP contribution in [0.3, 0.4) is 0 Å². The van der Waals surface area contributed by atoms with E-state index in [0.29, 0.717) is 29.5 Å². The highest BCUT2D eigenvalue weighted by Crippen LogP contribution is 2.48. The average molecular weight is 489 g/mol. The van der Waals surface area contributed by atoms with Gasteiger partial charge in [0.15, 0.2) is 0 Å². The van der Waals surface area contributed by atoms with Crippen LogP contribution in [0.5, 0.6) is 0 Å². The molecule has 7 nitrogen and oxygen atoms in total. The van der Waals surface area contributed by atoms with Gasteiger partial charge in [-0.15, -0.1) is 0 Å². The molecule has 6 rings (SSSR count). The van der Waals surface area contributed by atoms with Crippen LogP contribution < -0.4 is 10.2 Å². The average Bonchev–Trinajstić information content (AvgIpc) is 2.81. The number of carbonyl (C=O) groups is 1. The van der Waals surface area contributed by atoms with Crippen LogP contribution >= 0.6 is 0 Å². The van der Waals surface area contributed by atoms with Gasteiger partial charge in [-0.05, 0) is 49.8 Å². The molecule has 1 aromatic heterocycles. The Kier molecular flexibility index (Phi) is 5.79. The Morgan fingerprint density at radius 1 is 1.06 bits per heavy atom. The van der Waals surface area contributed by atoms with Gasteiger partial charge in [-0.25, -0.2) is 14.2 Å². The van der Waals surface area contributed by atoms with Crippen molar-refractivity contribution < 1.29 is 9.18 Å². The quantitative estimate of drug-likeness (QED) is 0.601. The maximum Gasteiger partial charge on any atom is 0.318 e. The summed E-state index contributed by atoms with van der Waals surface area (Å²) in [4.78, 5) is 29.0. The van der Waals surface area contributed by atoms with Crippen molar-refractivity contribution in [2.24, 2.45) is 5.41 Å². The number of urea groups is 1. The van der Waals surface area contributed by atoms with Gasteiger partial charge in [-0.3, -0.25) is 9.88 Å². The molecular weight excluding hydrogens is 455 g/mol. The van der Waals surface area contributed by atoms with E-state index in [0.717, 1.165) is 38.3 Å². The molecule has 2 amide bonds. The number of carbonyl (C=O) groups excluding carboxylic acids is 1. The van der Waals surface area contributed by atoms with Crippen molar-refractivity contribution >= 4 is 22.9 Å². The van der Waals surface area contributed by atoms with Gasteiger partial charge in [0.25, 0.3) is 0 Å². The molecule has 3 fully saturated rings. The van der Waals surface area contributed by atoms with Crippen molar-refractivity contribution in [3.05, 3.63) is 66.1 Å². The van der Waals surface area contributed by atoms with E-state index in [1.54, 1.807) is 12.3 Å². The van der Waals surface area contributed by atoms with Gasteiger partial charge in [0, 0.05) is 56.9 Å². The molecular formula is C28H33FN6O. The number of anilines is 1. The monoisotopic (exact) mass is 488 g/mol. The summed E-state index contributed by atoms with van der Waals surface area (Å²) in [6.45, 7) is 8.80. The zero-order valence-corrected chi connectivity index (χ0v) is 20.9. The number of benzene rings is 2. The fourth-order valence-corrected chi connectivity index (χ4v) is 6.49. The molecule has 2 aliphatic heterocycles. The standard InChI is InChI=1S/C28H33FN6O/c1-19-14-34(26-13-30-25-10-22(29)8-9-24(25)32-26)15-20(2)35(19)27(36)31-23-11-28(12-23)17-33(18-28)16-21-6-4-3-5-7-21/h3-10,13,19-20,23H,11-12,14-18H2,1-2H3,(H,31,36)/t19-,20-/m1/s1. The molecule has 188 valence electrons. The molecule has 36 heavy (non-hydrogen) atoms. The molecule has 0 unspecified atom stereocenters. The molecule has 3 aliphatic rings. The highest BCUT2D eigenvalue weighted by molar-refractivity contribution is 5.77. The summed E-state index contributed by atoms with van der Waals surface area (Å²) in [5.41, 5.74) is 2.97. The van der Waals surface area contributed by atoms with Crippen LogP contribution in [0.15, 0.2) is 54.7 Å². The minimum Gasteiger partial charge on any atom is -0.351 e. The Hall–Kier alpha value is -3.26. The fourth-order valence-electron chi connectivity index (χ4n) is 6.49. The summed E-state index contributed by atoms with van der Waals surface area (Å²) in [6.07, 6.45) is 3.84. The van der Waals surface area contributed by atoms with Gasteiger partial charge in [0.05, 0.1) is 17.2 Å². The van der Waals surface area contributed by atoms with Crippen molar-refractivity contribution in [3.8, 4) is 0 Å². The summed E-state index contributed by atoms with van der Waals surface area (Å²) in [7, 11) is 0. The number of fused-ring (bicyclic) bond motifs is 1. The summed E-state index contributed by atoms with van der Waals surface area (Å²) in [6, 6.07) is 15.5. The Morgan fingerprint density at radius 2 is 1.78 bits per heavy atom. The third kappa shape index (κ3) is 4.39. The zero-order valence-electron chi connectivity index (χ0n) is 20.9. The Labute approximate surface area is 211 Å². The van der Waals surface area contributed by atoms with Gasteiger partial charge in [0.1, 0.15) is 11.6 Å². The second-order valence-corrected chi connectivity index (χ2v) is 11.1. The molecule has 1 aliphatic carbocycles. The summed E-state index contributed by atoms with van der Waals surface area (Å²) < 4.78 is 13.5. The minimum atomic E-state index is -0.314. The molecule has 0 radical (unpaired) electrons. The molecule has 1 N–H and O–H groups in total. The number of rotatable bonds is 4. The summed E-state index contributed by atoms with van der Waals surface area (Å²) in [5.74, 6) is 0.449. The summed E-state index contributed by atoms with van der Waals surface area (Å²) in [5, 5.41) is 3.31. The van der Waals surface area contributed by atoms with Gasteiger partial charge in [-0.1, -0.05) is 30.3 Å². The third-order valence-electron chi connectivity index (χ3n) is 8.02. The van der Waals surface area contributed by atoms with Crippen LogP contribution in [-0.4, -0.2) is 70.1 Å². The summed E-state index contributed by atoms with van der Waals surface area (Å²) >= 11 is 0. The number of hydrogen-bond donors (Lipinski definition) is 1. The number of likely N-dealkylation sites (tertiary alicyclic amines) is 1. The number of amides is 2. The first kappa shape index (κ1) is 23.2. The number of nitrogens with one attached hydrogen (secondary N) is 1. The molecule has 3 heterocycles. The number of nitrogens with zero attached hydrogens (tertiary/aromatic N) is 5. The van der Waals surface area contributed by atoms with E-state index in [1.807, 2.05) is 4.90 Å². The van der Waals surface area contributed by atoms with Crippen molar-refractivity contribution in [2.75, 3.05) is 31.1 Å². The molecule has 8 heteroatoms. The van der Waals surface area contributed by atoms with E-state index < -0.39 is 0 Å². The fraction of sp³-hybridized carbons (Fsp3) is 0.464. The van der Waals surface area contributed by atoms with Crippen LogP contribution in [0, 0.1) is 11.2 Å². The molecule has 2 atom stereocenters. The molecule has 3 aromatic rings. The van der Waals surface area contributed by atoms with Crippen molar-refractivity contribution in [1.82, 2.24) is 25.1 Å². The lowest BCUT2D eigenvalue weighted by molar-refractivity contribution is -0.0812. The second-order valence-electron chi connectivity index (χ2n) is 11.1. The number of piperazine rings is 1. The SMILES string of the molecule is C[C@@H]1CN(c2cnc3cc(F)ccc3n2)C[C@@H](C)N1C(=O)NC1CC2(C1)CN(Cc1ccccc1)C2. The predicted molar refractivity (Wildman–Crippen MR) is 138 cm³/mol. The van der Waals surface area contributed by atoms with E-state index in [2.05, 4.69) is 69.3 Å². The first-order valence-electron chi connectivity index (χ1n) is 12.9. The first-order chi connectivity index (χ1) is 17.4. The van der Waals surface area contributed by atoms with Crippen LogP contribution in [0.25, 0.3) is 11.0 Å². The van der Waals surface area contributed by atoms with Gasteiger partial charge >= 0.3 is 6.03 Å². The van der Waals surface area contributed by atoms with Gasteiger partial charge < -0.3 is 15.1 Å². The lowest BCUT2D eigenvalue weighted by Gasteiger charge is -2.59. The van der Waals surface area contributed by atoms with E-state index >= 15 is 0 Å². The molecule has 2 aromatic carbocycles. The molecule has 1 spiro atoms. The molecule has 1 saturated carbocycles. The smallest absolute Gasteiger partial charge is 0.318 e. The molecule has 2 saturated heterocycles. The first-order valence-corrected chi connectivity index (χ1v) is 12.9. The second kappa shape index (κ2) is 9.00. The number of halogens is 1. The van der Waals surface area contributed by atoms with Crippen molar-refractivity contribution in [2.45, 2.75) is 51.4 Å². The lowest BCUT2D eigenvalue weighted by Crippen LogP contribution is -2.68. The maximum atomic E-state index is 13.5. The van der Waals surface area contributed by atoms with Crippen LogP contribution in [0.4, 0.5) is 15.0 Å². The van der Waals surface area contributed by atoms with Crippen molar-refractivity contribution in [3.63, 3.8) is 0 Å². The minimum absolute atomic E-state index is 0.0371. The maximum absolute atomic E-state index is 13.5. The third-order valence-corrected chi connectivity index (χ3v) is 8.02. The zero-order chi connectivity index (χ0) is 24.9. The topological polar surface area (TPSA) is 64.6 Å². The van der Waals surface area contributed by atoms with E-state index in [-0.39, 0.29) is 30.0 Å². The van der Waals surface area contributed by atoms with E-state index in [1.165, 1.54) is 17.7 Å². The highest BCUT2D eigenvalue weighted by Gasteiger charge is 2.52. The number of aromatic nitrogens is 2. The van der Waals surface area contributed by atoms with E-state index in [9.17, 15) is 9.18 Å². The van der Waals surface area contributed by atoms with Gasteiger partial charge in [0.2, 0.25) is 0 Å². The van der Waals surface area contributed by atoms with Crippen LogP contribution in [0.1, 0.15) is 32.3 Å². The Bertz CT molecular complexity index is 1240. The normalized spacial score (nSPS) is 24.0.